The normalized spacial score (nSPS) is 10.4. The van der Waals surface area contributed by atoms with E-state index in [1.54, 1.807) is 31.4 Å². The van der Waals surface area contributed by atoms with Crippen LogP contribution in [0.15, 0.2) is 71.2 Å². The number of rotatable bonds is 4. The van der Waals surface area contributed by atoms with Crippen molar-refractivity contribution in [3.63, 3.8) is 0 Å². The van der Waals surface area contributed by atoms with Crippen molar-refractivity contribution < 1.29 is 14.3 Å². The van der Waals surface area contributed by atoms with E-state index in [1.165, 1.54) is 0 Å². The SMILES string of the molecule is COc1ccc(C(=O)Oc2ccc(-c3ccccc3)cc2Br)cc1I. The second-order valence-corrected chi connectivity index (χ2v) is 7.27. The first-order chi connectivity index (χ1) is 12.1. The number of benzene rings is 3. The largest absolute Gasteiger partial charge is 0.496 e. The molecule has 3 rings (SSSR count). The minimum Gasteiger partial charge on any atom is -0.496 e. The molecular weight excluding hydrogens is 495 g/mol. The van der Waals surface area contributed by atoms with Crippen molar-refractivity contribution >= 4 is 44.5 Å². The topological polar surface area (TPSA) is 35.5 Å². The van der Waals surface area contributed by atoms with Gasteiger partial charge in [-0.25, -0.2) is 4.79 Å². The molecule has 0 bridgehead atoms. The first kappa shape index (κ1) is 17.9. The number of carbonyl (C=O) groups excluding carboxylic acids is 1. The molecule has 0 aliphatic heterocycles. The lowest BCUT2D eigenvalue weighted by molar-refractivity contribution is 0.0733. The maximum Gasteiger partial charge on any atom is 0.343 e. The standard InChI is InChI=1S/C20H14BrIO3/c1-24-19-10-8-15(12-17(19)22)20(23)25-18-9-7-14(11-16(18)21)13-5-3-2-4-6-13/h2-12H,1H3. The molecular formula is C20H14BrIO3. The van der Waals surface area contributed by atoms with Crippen LogP contribution in [0.3, 0.4) is 0 Å². The predicted molar refractivity (Wildman–Crippen MR) is 110 cm³/mol. The lowest BCUT2D eigenvalue weighted by Crippen LogP contribution is -2.09. The Hall–Kier alpha value is -1.86. The molecule has 0 amide bonds. The summed E-state index contributed by atoms with van der Waals surface area (Å²) in [5.41, 5.74) is 2.63. The summed E-state index contributed by atoms with van der Waals surface area (Å²) in [4.78, 5) is 12.4. The highest BCUT2D eigenvalue weighted by Crippen LogP contribution is 2.31. The molecule has 3 nitrogen and oxygen atoms in total. The second kappa shape index (κ2) is 8.01. The summed E-state index contributed by atoms with van der Waals surface area (Å²) in [5, 5.41) is 0. The number of esters is 1. The molecule has 0 saturated heterocycles. The summed E-state index contributed by atoms with van der Waals surface area (Å²) < 4.78 is 12.3. The van der Waals surface area contributed by atoms with E-state index in [-0.39, 0.29) is 0 Å². The zero-order valence-electron chi connectivity index (χ0n) is 13.3. The molecule has 0 saturated carbocycles. The van der Waals surface area contributed by atoms with Crippen molar-refractivity contribution in [2.75, 3.05) is 7.11 Å². The van der Waals surface area contributed by atoms with Gasteiger partial charge in [0.1, 0.15) is 11.5 Å². The number of ether oxygens (including phenoxy) is 2. The molecule has 0 aromatic heterocycles. The van der Waals surface area contributed by atoms with Crippen LogP contribution < -0.4 is 9.47 Å². The van der Waals surface area contributed by atoms with Gasteiger partial charge in [-0.05, 0) is 80.0 Å². The molecule has 0 fully saturated rings. The molecule has 0 radical (unpaired) electrons. The zero-order valence-corrected chi connectivity index (χ0v) is 17.1. The number of carbonyl (C=O) groups is 1. The van der Waals surface area contributed by atoms with Crippen LogP contribution in [0, 0.1) is 3.57 Å². The third-order valence-electron chi connectivity index (χ3n) is 3.63. The molecule has 0 N–H and O–H groups in total. The summed E-state index contributed by atoms with van der Waals surface area (Å²) in [5.74, 6) is 0.801. The summed E-state index contributed by atoms with van der Waals surface area (Å²) in [7, 11) is 1.60. The van der Waals surface area contributed by atoms with Crippen LogP contribution in [-0.2, 0) is 0 Å². The summed E-state index contributed by atoms with van der Waals surface area (Å²) in [6.07, 6.45) is 0. The van der Waals surface area contributed by atoms with Crippen LogP contribution in [0.1, 0.15) is 10.4 Å². The van der Waals surface area contributed by atoms with E-state index in [4.69, 9.17) is 9.47 Å². The number of halogens is 2. The van der Waals surface area contributed by atoms with Gasteiger partial charge in [0, 0.05) is 0 Å². The van der Waals surface area contributed by atoms with E-state index in [1.807, 2.05) is 42.5 Å². The Labute approximate surface area is 168 Å². The molecule has 0 spiro atoms. The fourth-order valence-electron chi connectivity index (χ4n) is 2.35. The van der Waals surface area contributed by atoms with Gasteiger partial charge in [-0.1, -0.05) is 36.4 Å². The molecule has 5 heteroatoms. The zero-order chi connectivity index (χ0) is 17.8. The Balaban J connectivity index is 1.81. The van der Waals surface area contributed by atoms with E-state index in [0.717, 1.165) is 24.9 Å². The smallest absolute Gasteiger partial charge is 0.343 e. The molecule has 126 valence electrons. The number of methoxy groups -OCH3 is 1. The van der Waals surface area contributed by atoms with Crippen molar-refractivity contribution in [2.45, 2.75) is 0 Å². The van der Waals surface area contributed by atoms with Gasteiger partial charge in [0.2, 0.25) is 0 Å². The van der Waals surface area contributed by atoms with Gasteiger partial charge >= 0.3 is 5.97 Å². The van der Waals surface area contributed by atoms with Crippen LogP contribution in [0.4, 0.5) is 0 Å². The molecule has 0 unspecified atom stereocenters. The van der Waals surface area contributed by atoms with Crippen molar-refractivity contribution in [2.24, 2.45) is 0 Å². The second-order valence-electron chi connectivity index (χ2n) is 5.25. The maximum absolute atomic E-state index is 12.4. The van der Waals surface area contributed by atoms with Crippen LogP contribution in [0.2, 0.25) is 0 Å². The van der Waals surface area contributed by atoms with Gasteiger partial charge in [-0.2, -0.15) is 0 Å². The maximum atomic E-state index is 12.4. The minimum absolute atomic E-state index is 0.409. The number of hydrogen-bond donors (Lipinski definition) is 0. The van der Waals surface area contributed by atoms with E-state index in [0.29, 0.717) is 11.3 Å². The molecule has 0 aliphatic carbocycles. The number of hydrogen-bond acceptors (Lipinski definition) is 3. The van der Waals surface area contributed by atoms with Crippen molar-refractivity contribution in [3.05, 3.63) is 80.3 Å². The van der Waals surface area contributed by atoms with Gasteiger partial charge in [0.25, 0.3) is 0 Å². The molecule has 0 atom stereocenters. The molecule has 25 heavy (non-hydrogen) atoms. The van der Waals surface area contributed by atoms with E-state index in [9.17, 15) is 4.79 Å². The predicted octanol–water partition coefficient (Wildman–Crippen LogP) is 5.95. The third kappa shape index (κ3) is 4.22. The summed E-state index contributed by atoms with van der Waals surface area (Å²) in [6, 6.07) is 20.9. The molecule has 3 aromatic rings. The molecule has 0 heterocycles. The lowest BCUT2D eigenvalue weighted by Gasteiger charge is -2.10. The average molecular weight is 509 g/mol. The fourth-order valence-corrected chi connectivity index (χ4v) is 3.54. The van der Waals surface area contributed by atoms with Gasteiger partial charge in [0.15, 0.2) is 0 Å². The summed E-state index contributed by atoms with van der Waals surface area (Å²) >= 11 is 5.61. The molecule has 3 aromatic carbocycles. The quantitative estimate of drug-likeness (QED) is 0.248. The Kier molecular flexibility index (Phi) is 5.75. The summed E-state index contributed by atoms with van der Waals surface area (Å²) in [6.45, 7) is 0. The Morgan fingerprint density at radius 3 is 2.28 bits per heavy atom. The monoisotopic (exact) mass is 508 g/mol. The Bertz CT molecular complexity index is 910. The van der Waals surface area contributed by atoms with Crippen LogP contribution >= 0.6 is 38.5 Å². The third-order valence-corrected chi connectivity index (χ3v) is 5.09. The van der Waals surface area contributed by atoms with Gasteiger partial charge in [0.05, 0.1) is 20.7 Å². The highest BCUT2D eigenvalue weighted by atomic mass is 127. The molecule has 0 aliphatic rings. The van der Waals surface area contributed by atoms with E-state index < -0.39 is 5.97 Å². The van der Waals surface area contributed by atoms with Crippen LogP contribution in [-0.4, -0.2) is 13.1 Å². The van der Waals surface area contributed by atoms with Gasteiger partial charge in [-0.15, -0.1) is 0 Å². The minimum atomic E-state index is -0.409. The van der Waals surface area contributed by atoms with Gasteiger partial charge < -0.3 is 9.47 Å². The fraction of sp³-hybridized carbons (Fsp3) is 0.0500. The Morgan fingerprint density at radius 1 is 0.920 bits per heavy atom. The highest BCUT2D eigenvalue weighted by Gasteiger charge is 2.13. The Morgan fingerprint density at radius 2 is 1.64 bits per heavy atom. The average Bonchev–Trinajstić information content (AvgIpc) is 2.64. The van der Waals surface area contributed by atoms with Crippen molar-refractivity contribution in [3.8, 4) is 22.6 Å². The van der Waals surface area contributed by atoms with Crippen molar-refractivity contribution in [1.29, 1.82) is 0 Å². The van der Waals surface area contributed by atoms with E-state index in [2.05, 4.69) is 38.5 Å². The van der Waals surface area contributed by atoms with Crippen molar-refractivity contribution in [1.82, 2.24) is 0 Å². The van der Waals surface area contributed by atoms with Crippen LogP contribution in [0.25, 0.3) is 11.1 Å². The van der Waals surface area contributed by atoms with Crippen LogP contribution in [0.5, 0.6) is 11.5 Å². The first-order valence-electron chi connectivity index (χ1n) is 7.49. The first-order valence-corrected chi connectivity index (χ1v) is 9.36. The lowest BCUT2D eigenvalue weighted by atomic mass is 10.1. The van der Waals surface area contributed by atoms with E-state index >= 15 is 0 Å². The van der Waals surface area contributed by atoms with Gasteiger partial charge in [-0.3, -0.25) is 0 Å². The highest BCUT2D eigenvalue weighted by molar-refractivity contribution is 14.1.